The molecule has 8 heteroatoms. The first-order chi connectivity index (χ1) is 12.3. The first-order valence-electron chi connectivity index (χ1n) is 9.98. The third kappa shape index (κ3) is 10.1. The third-order valence-corrected chi connectivity index (χ3v) is 4.77. The van der Waals surface area contributed by atoms with Gasteiger partial charge in [0.15, 0.2) is 0 Å². The third-order valence-electron chi connectivity index (χ3n) is 4.77. The number of hydrogen-bond acceptors (Lipinski definition) is 8. The molecule has 0 saturated carbocycles. The number of aliphatic hydroxyl groups is 5. The minimum absolute atomic E-state index is 0.214. The van der Waals surface area contributed by atoms with Gasteiger partial charge in [-0.05, 0) is 60.3 Å². The fourth-order valence-electron chi connectivity index (χ4n) is 4.05. The van der Waals surface area contributed by atoms with Crippen LogP contribution < -0.4 is 16.4 Å². The average molecular weight is 394 g/mol. The molecular formula is C19H43N3O5. The summed E-state index contributed by atoms with van der Waals surface area (Å²) in [6.45, 7) is 9.81. The summed E-state index contributed by atoms with van der Waals surface area (Å²) in [6, 6.07) is 0. The molecule has 5 unspecified atom stereocenters. The molecule has 0 aliphatic carbocycles. The molecule has 5 atom stereocenters. The molecule has 27 heavy (non-hydrogen) atoms. The molecular weight excluding hydrogens is 350 g/mol. The van der Waals surface area contributed by atoms with Crippen molar-refractivity contribution < 1.29 is 25.5 Å². The van der Waals surface area contributed by atoms with Gasteiger partial charge < -0.3 is 41.9 Å². The second-order valence-corrected chi connectivity index (χ2v) is 8.43. The molecule has 0 aromatic heterocycles. The molecule has 9 N–H and O–H groups in total. The van der Waals surface area contributed by atoms with Crippen LogP contribution in [0.1, 0.15) is 60.3 Å². The van der Waals surface area contributed by atoms with E-state index < -0.39 is 41.6 Å². The number of rotatable bonds is 15. The minimum atomic E-state index is -1.05. The average Bonchev–Trinajstić information content (AvgIpc) is 2.42. The molecule has 0 aromatic rings. The van der Waals surface area contributed by atoms with Crippen molar-refractivity contribution in [2.75, 3.05) is 19.6 Å². The van der Waals surface area contributed by atoms with Gasteiger partial charge in [-0.15, -0.1) is 0 Å². The number of hydrogen-bond donors (Lipinski definition) is 8. The van der Waals surface area contributed by atoms with Crippen LogP contribution in [0.4, 0.5) is 0 Å². The highest BCUT2D eigenvalue weighted by Crippen LogP contribution is 2.37. The van der Waals surface area contributed by atoms with Crippen LogP contribution in [0, 0.1) is 0 Å². The van der Waals surface area contributed by atoms with Crippen LogP contribution in [0.5, 0.6) is 0 Å². The van der Waals surface area contributed by atoms with Gasteiger partial charge in [0.25, 0.3) is 0 Å². The van der Waals surface area contributed by atoms with Crippen molar-refractivity contribution in [2.45, 2.75) is 102 Å². The van der Waals surface area contributed by atoms with Crippen LogP contribution in [-0.2, 0) is 0 Å². The number of nitrogens with two attached hydrogens (primary N) is 1. The van der Waals surface area contributed by atoms with Crippen LogP contribution >= 0.6 is 0 Å². The summed E-state index contributed by atoms with van der Waals surface area (Å²) in [5.74, 6) is 0. The molecule has 0 rings (SSSR count). The van der Waals surface area contributed by atoms with Crippen molar-refractivity contribution in [3.63, 3.8) is 0 Å². The SMILES string of the molecule is CC(O)CNCCNC(CC(C)O)(CC(C)O)C(N)(CC(C)O)CC(C)O. The highest BCUT2D eigenvalue weighted by Gasteiger charge is 2.50. The van der Waals surface area contributed by atoms with Crippen LogP contribution in [0.2, 0.25) is 0 Å². The zero-order chi connectivity index (χ0) is 21.3. The van der Waals surface area contributed by atoms with E-state index >= 15 is 0 Å². The van der Waals surface area contributed by atoms with E-state index in [0.29, 0.717) is 19.6 Å². The van der Waals surface area contributed by atoms with Crippen LogP contribution in [0.25, 0.3) is 0 Å². The van der Waals surface area contributed by atoms with E-state index in [0.717, 1.165) is 0 Å². The van der Waals surface area contributed by atoms with Gasteiger partial charge in [-0.2, -0.15) is 0 Å². The Kier molecular flexibility index (Phi) is 12.1. The predicted molar refractivity (Wildman–Crippen MR) is 107 cm³/mol. The molecule has 0 saturated heterocycles. The van der Waals surface area contributed by atoms with Crippen molar-refractivity contribution in [2.24, 2.45) is 5.73 Å². The summed E-state index contributed by atoms with van der Waals surface area (Å²) in [5.41, 5.74) is 4.83. The van der Waals surface area contributed by atoms with Crippen LogP contribution in [-0.4, -0.2) is 86.8 Å². The Bertz CT molecular complexity index is 370. The van der Waals surface area contributed by atoms with Crippen molar-refractivity contribution in [3.8, 4) is 0 Å². The fraction of sp³-hybridized carbons (Fsp3) is 1.00. The molecule has 0 aliphatic heterocycles. The molecule has 0 spiro atoms. The second kappa shape index (κ2) is 12.3. The fourth-order valence-corrected chi connectivity index (χ4v) is 4.05. The van der Waals surface area contributed by atoms with Crippen molar-refractivity contribution in [1.29, 1.82) is 0 Å². The summed E-state index contributed by atoms with van der Waals surface area (Å²) in [4.78, 5) is 0. The van der Waals surface area contributed by atoms with E-state index in [-0.39, 0.29) is 25.7 Å². The zero-order valence-corrected chi connectivity index (χ0v) is 17.6. The Balaban J connectivity index is 5.68. The van der Waals surface area contributed by atoms with Gasteiger partial charge in [-0.25, -0.2) is 0 Å². The summed E-state index contributed by atoms with van der Waals surface area (Å²) >= 11 is 0. The normalized spacial score (nSPS) is 22.3. The monoisotopic (exact) mass is 393 g/mol. The first-order valence-corrected chi connectivity index (χ1v) is 9.98. The molecule has 0 aromatic carbocycles. The molecule has 0 bridgehead atoms. The standard InChI is InChI=1S/C19H43N3O5/c1-13(23)8-18(20,9-14(2)24)19(10-15(3)25,11-16(4)26)22-7-6-21-12-17(5)27/h13-17,21-27H,6-12,20H2,1-5H3. The largest absolute Gasteiger partial charge is 0.393 e. The van der Waals surface area contributed by atoms with Gasteiger partial charge in [0.2, 0.25) is 0 Å². The quantitative estimate of drug-likeness (QED) is 0.166. The van der Waals surface area contributed by atoms with Crippen LogP contribution in [0.3, 0.4) is 0 Å². The van der Waals surface area contributed by atoms with Crippen molar-refractivity contribution in [3.05, 3.63) is 0 Å². The topological polar surface area (TPSA) is 151 Å². The lowest BCUT2D eigenvalue weighted by Crippen LogP contribution is -2.71. The first kappa shape index (κ1) is 26.7. The lowest BCUT2D eigenvalue weighted by molar-refractivity contribution is -0.00537. The molecule has 0 fully saturated rings. The molecule has 0 aliphatic rings. The molecule has 0 heterocycles. The van der Waals surface area contributed by atoms with E-state index in [2.05, 4.69) is 10.6 Å². The Morgan fingerprint density at radius 3 is 1.41 bits per heavy atom. The van der Waals surface area contributed by atoms with Gasteiger partial charge in [0.1, 0.15) is 0 Å². The van der Waals surface area contributed by atoms with Gasteiger partial charge in [-0.1, -0.05) is 0 Å². The minimum Gasteiger partial charge on any atom is -0.393 e. The molecule has 8 nitrogen and oxygen atoms in total. The summed E-state index contributed by atoms with van der Waals surface area (Å²) in [6.07, 6.45) is -2.27. The van der Waals surface area contributed by atoms with E-state index in [1.807, 2.05) is 0 Å². The zero-order valence-electron chi connectivity index (χ0n) is 17.6. The number of nitrogens with one attached hydrogen (secondary N) is 2. The van der Waals surface area contributed by atoms with Gasteiger partial charge in [0.05, 0.1) is 30.5 Å². The van der Waals surface area contributed by atoms with Gasteiger partial charge >= 0.3 is 0 Å². The maximum Gasteiger partial charge on any atom is 0.0636 e. The van der Waals surface area contributed by atoms with Crippen molar-refractivity contribution >= 4 is 0 Å². The Morgan fingerprint density at radius 1 is 0.667 bits per heavy atom. The molecule has 164 valence electrons. The second-order valence-electron chi connectivity index (χ2n) is 8.43. The van der Waals surface area contributed by atoms with E-state index in [4.69, 9.17) is 5.73 Å². The van der Waals surface area contributed by atoms with Gasteiger partial charge in [0, 0.05) is 30.7 Å². The Hall–Kier alpha value is -0.320. The lowest BCUT2D eigenvalue weighted by Gasteiger charge is -2.52. The Morgan fingerprint density at radius 2 is 1.07 bits per heavy atom. The predicted octanol–water partition coefficient (Wildman–Crippen LogP) is -0.934. The Labute approximate surface area is 164 Å². The highest BCUT2D eigenvalue weighted by molar-refractivity contribution is 5.11. The summed E-state index contributed by atoms with van der Waals surface area (Å²) in [5, 5.41) is 56.3. The van der Waals surface area contributed by atoms with E-state index in [1.54, 1.807) is 34.6 Å². The molecule has 0 amide bonds. The van der Waals surface area contributed by atoms with E-state index in [1.165, 1.54) is 0 Å². The summed E-state index contributed by atoms with van der Waals surface area (Å²) in [7, 11) is 0. The van der Waals surface area contributed by atoms with Gasteiger partial charge in [-0.3, -0.25) is 0 Å². The maximum atomic E-state index is 10.2. The highest BCUT2D eigenvalue weighted by atomic mass is 16.3. The van der Waals surface area contributed by atoms with E-state index in [9.17, 15) is 25.5 Å². The number of aliphatic hydroxyl groups excluding tert-OH is 5. The lowest BCUT2D eigenvalue weighted by atomic mass is 9.65. The summed E-state index contributed by atoms with van der Waals surface area (Å²) < 4.78 is 0. The van der Waals surface area contributed by atoms with Crippen LogP contribution in [0.15, 0.2) is 0 Å². The maximum absolute atomic E-state index is 10.2. The molecule has 0 radical (unpaired) electrons. The van der Waals surface area contributed by atoms with Crippen molar-refractivity contribution in [1.82, 2.24) is 10.6 Å². The smallest absolute Gasteiger partial charge is 0.0636 e.